The standard InChI is InChI=1S/C19H19N5O3S2/c1-29(26,27)16-6-2-5-14(10-16)21-17(25)12-28-19-23-22-18(24(19)15-7-8-15)13-4-3-9-20-11-13/h2-6,9-11,15H,7-8,12H2,1H3,(H,21,25). The minimum Gasteiger partial charge on any atom is -0.325 e. The number of nitrogens with zero attached hydrogens (tertiary/aromatic N) is 4. The third-order valence-electron chi connectivity index (χ3n) is 4.37. The Balaban J connectivity index is 1.46. The molecule has 0 radical (unpaired) electrons. The molecule has 0 atom stereocenters. The summed E-state index contributed by atoms with van der Waals surface area (Å²) in [5, 5.41) is 12.0. The van der Waals surface area contributed by atoms with Crippen molar-refractivity contribution in [1.29, 1.82) is 0 Å². The van der Waals surface area contributed by atoms with Crippen LogP contribution in [0.4, 0.5) is 5.69 Å². The maximum Gasteiger partial charge on any atom is 0.234 e. The van der Waals surface area contributed by atoms with Crippen molar-refractivity contribution in [3.05, 3.63) is 48.8 Å². The lowest BCUT2D eigenvalue weighted by Crippen LogP contribution is -2.15. The maximum absolute atomic E-state index is 12.4. The second-order valence-electron chi connectivity index (χ2n) is 6.79. The summed E-state index contributed by atoms with van der Waals surface area (Å²) in [6.45, 7) is 0. The van der Waals surface area contributed by atoms with Gasteiger partial charge in [-0.15, -0.1) is 10.2 Å². The number of carbonyl (C=O) groups is 1. The minimum atomic E-state index is -3.33. The first-order valence-corrected chi connectivity index (χ1v) is 11.9. The molecule has 10 heteroatoms. The summed E-state index contributed by atoms with van der Waals surface area (Å²) in [4.78, 5) is 16.7. The molecule has 1 saturated carbocycles. The Kier molecular flexibility index (Phi) is 5.37. The van der Waals surface area contributed by atoms with Crippen LogP contribution in [0.1, 0.15) is 18.9 Å². The van der Waals surface area contributed by atoms with E-state index in [1.54, 1.807) is 24.5 Å². The predicted octanol–water partition coefficient (Wildman–Crippen LogP) is 2.81. The van der Waals surface area contributed by atoms with E-state index in [1.165, 1.54) is 23.9 Å². The van der Waals surface area contributed by atoms with Crippen LogP contribution in [0.25, 0.3) is 11.4 Å². The summed E-state index contributed by atoms with van der Waals surface area (Å²) in [5.74, 6) is 0.652. The first-order chi connectivity index (χ1) is 13.9. The third kappa shape index (κ3) is 4.65. The molecule has 0 aliphatic heterocycles. The molecule has 0 unspecified atom stereocenters. The van der Waals surface area contributed by atoms with E-state index in [1.807, 2.05) is 12.1 Å². The van der Waals surface area contributed by atoms with E-state index in [2.05, 4.69) is 25.1 Å². The summed E-state index contributed by atoms with van der Waals surface area (Å²) >= 11 is 1.31. The molecule has 8 nitrogen and oxygen atoms in total. The average Bonchev–Trinajstić information content (AvgIpc) is 3.45. The van der Waals surface area contributed by atoms with Crippen LogP contribution in [-0.2, 0) is 14.6 Å². The van der Waals surface area contributed by atoms with Crippen molar-refractivity contribution in [1.82, 2.24) is 19.7 Å². The molecule has 2 heterocycles. The van der Waals surface area contributed by atoms with E-state index in [0.717, 1.165) is 30.5 Å². The van der Waals surface area contributed by atoms with Gasteiger partial charge in [-0.3, -0.25) is 14.3 Å². The highest BCUT2D eigenvalue weighted by Crippen LogP contribution is 2.40. The topological polar surface area (TPSA) is 107 Å². The number of rotatable bonds is 7. The zero-order chi connectivity index (χ0) is 20.4. The largest absolute Gasteiger partial charge is 0.325 e. The van der Waals surface area contributed by atoms with E-state index in [0.29, 0.717) is 16.9 Å². The van der Waals surface area contributed by atoms with E-state index in [-0.39, 0.29) is 16.6 Å². The fourth-order valence-electron chi connectivity index (χ4n) is 2.86. The van der Waals surface area contributed by atoms with E-state index >= 15 is 0 Å². The molecule has 150 valence electrons. The number of thioether (sulfide) groups is 1. The van der Waals surface area contributed by atoms with Crippen LogP contribution in [0.2, 0.25) is 0 Å². The van der Waals surface area contributed by atoms with Crippen molar-refractivity contribution >= 4 is 33.2 Å². The fourth-order valence-corrected chi connectivity index (χ4v) is 4.33. The van der Waals surface area contributed by atoms with Crippen LogP contribution in [0, 0.1) is 0 Å². The van der Waals surface area contributed by atoms with Crippen LogP contribution < -0.4 is 5.32 Å². The van der Waals surface area contributed by atoms with Gasteiger partial charge in [-0.05, 0) is 43.2 Å². The summed E-state index contributed by atoms with van der Waals surface area (Å²) in [6, 6.07) is 10.3. The first-order valence-electron chi connectivity index (χ1n) is 9.00. The molecular weight excluding hydrogens is 410 g/mol. The molecule has 1 aromatic carbocycles. The first kappa shape index (κ1) is 19.6. The molecule has 1 aliphatic rings. The van der Waals surface area contributed by atoms with E-state index in [4.69, 9.17) is 0 Å². The smallest absolute Gasteiger partial charge is 0.234 e. The minimum absolute atomic E-state index is 0.140. The molecule has 0 spiro atoms. The van der Waals surface area contributed by atoms with Crippen LogP contribution in [0.3, 0.4) is 0 Å². The Bertz CT molecular complexity index is 1140. The number of carbonyl (C=O) groups excluding carboxylic acids is 1. The normalized spacial score (nSPS) is 14.0. The van der Waals surface area contributed by atoms with Crippen molar-refractivity contribution in [3.8, 4) is 11.4 Å². The summed E-state index contributed by atoms with van der Waals surface area (Å²) < 4.78 is 25.4. The van der Waals surface area contributed by atoms with Crippen molar-refractivity contribution in [2.75, 3.05) is 17.3 Å². The molecule has 0 saturated heterocycles. The average molecular weight is 430 g/mol. The lowest BCUT2D eigenvalue weighted by molar-refractivity contribution is -0.113. The number of hydrogen-bond donors (Lipinski definition) is 1. The summed E-state index contributed by atoms with van der Waals surface area (Å²) in [6.07, 6.45) is 6.71. The zero-order valence-corrected chi connectivity index (χ0v) is 17.3. The molecule has 2 aromatic heterocycles. The van der Waals surface area contributed by atoms with Crippen LogP contribution in [0.5, 0.6) is 0 Å². The van der Waals surface area contributed by atoms with Gasteiger partial charge in [-0.25, -0.2) is 8.42 Å². The second kappa shape index (κ2) is 7.96. The Morgan fingerprint density at radius 2 is 2.07 bits per heavy atom. The Hall–Kier alpha value is -2.72. The number of sulfone groups is 1. The van der Waals surface area contributed by atoms with Gasteiger partial charge in [0.2, 0.25) is 5.91 Å². The molecule has 4 rings (SSSR count). The predicted molar refractivity (Wildman–Crippen MR) is 110 cm³/mol. The number of aromatic nitrogens is 4. The quantitative estimate of drug-likeness (QED) is 0.576. The lowest BCUT2D eigenvalue weighted by atomic mass is 10.3. The molecule has 1 fully saturated rings. The zero-order valence-electron chi connectivity index (χ0n) is 15.6. The van der Waals surface area contributed by atoms with Gasteiger partial charge >= 0.3 is 0 Å². The molecule has 0 bridgehead atoms. The van der Waals surface area contributed by atoms with Gasteiger partial charge in [0, 0.05) is 35.9 Å². The fraction of sp³-hybridized carbons (Fsp3) is 0.263. The van der Waals surface area contributed by atoms with E-state index in [9.17, 15) is 13.2 Å². The Labute approximate surface area is 172 Å². The Morgan fingerprint density at radius 1 is 1.24 bits per heavy atom. The second-order valence-corrected chi connectivity index (χ2v) is 9.74. The Morgan fingerprint density at radius 3 is 2.76 bits per heavy atom. The molecule has 29 heavy (non-hydrogen) atoms. The number of pyridine rings is 1. The van der Waals surface area contributed by atoms with Gasteiger partial charge in [0.1, 0.15) is 0 Å². The van der Waals surface area contributed by atoms with Crippen LogP contribution in [-0.4, -0.2) is 46.1 Å². The maximum atomic E-state index is 12.4. The van der Waals surface area contributed by atoms with Crippen LogP contribution in [0.15, 0.2) is 58.8 Å². The summed E-state index contributed by atoms with van der Waals surface area (Å²) in [5.41, 5.74) is 1.33. The van der Waals surface area contributed by atoms with Crippen molar-refractivity contribution in [2.24, 2.45) is 0 Å². The highest BCUT2D eigenvalue weighted by Gasteiger charge is 2.30. The molecular formula is C19H19N5O3S2. The molecule has 1 N–H and O–H groups in total. The third-order valence-corrected chi connectivity index (χ3v) is 6.43. The number of amides is 1. The SMILES string of the molecule is CS(=O)(=O)c1cccc(NC(=O)CSc2nnc(-c3cccnc3)n2C2CC2)c1. The monoisotopic (exact) mass is 429 g/mol. The number of nitrogens with one attached hydrogen (secondary N) is 1. The number of benzene rings is 1. The molecule has 3 aromatic rings. The highest BCUT2D eigenvalue weighted by molar-refractivity contribution is 7.99. The highest BCUT2D eigenvalue weighted by atomic mass is 32.2. The number of hydrogen-bond acceptors (Lipinski definition) is 7. The van der Waals surface area contributed by atoms with Gasteiger partial charge in [0.05, 0.1) is 10.6 Å². The molecule has 1 amide bonds. The van der Waals surface area contributed by atoms with Gasteiger partial charge in [0.25, 0.3) is 0 Å². The van der Waals surface area contributed by atoms with E-state index < -0.39 is 9.84 Å². The van der Waals surface area contributed by atoms with Gasteiger partial charge in [0.15, 0.2) is 20.8 Å². The van der Waals surface area contributed by atoms with Crippen molar-refractivity contribution in [3.63, 3.8) is 0 Å². The van der Waals surface area contributed by atoms with Gasteiger partial charge in [-0.2, -0.15) is 0 Å². The summed E-state index contributed by atoms with van der Waals surface area (Å²) in [7, 11) is -3.33. The van der Waals surface area contributed by atoms with Crippen molar-refractivity contribution < 1.29 is 13.2 Å². The van der Waals surface area contributed by atoms with Crippen LogP contribution >= 0.6 is 11.8 Å². The van der Waals surface area contributed by atoms with Gasteiger partial charge in [-0.1, -0.05) is 17.8 Å². The lowest BCUT2D eigenvalue weighted by Gasteiger charge is -2.09. The van der Waals surface area contributed by atoms with Gasteiger partial charge < -0.3 is 5.32 Å². The molecule has 1 aliphatic carbocycles. The van der Waals surface area contributed by atoms with Crippen molar-refractivity contribution in [2.45, 2.75) is 28.9 Å². The number of anilines is 1.